The monoisotopic (exact) mass is 472 g/mol. The molecule has 3 N–H and O–H groups in total. The highest BCUT2D eigenvalue weighted by Gasteiger charge is 2.18. The summed E-state index contributed by atoms with van der Waals surface area (Å²) < 4.78 is 69.4. The summed E-state index contributed by atoms with van der Waals surface area (Å²) in [5.41, 5.74) is 1.68. The second kappa shape index (κ2) is 8.23. The summed E-state index contributed by atoms with van der Waals surface area (Å²) in [6.45, 7) is 0. The van der Waals surface area contributed by atoms with Gasteiger partial charge in [0.15, 0.2) is 0 Å². The van der Waals surface area contributed by atoms with E-state index in [0.29, 0.717) is 11.3 Å². The molecule has 3 aromatic carbocycles. The van der Waals surface area contributed by atoms with Crippen LogP contribution in [0.5, 0.6) is 0 Å². The van der Waals surface area contributed by atoms with Crippen LogP contribution in [0.4, 0.5) is 10.1 Å². The smallest absolute Gasteiger partial charge is 0.255 e. The average Bonchev–Trinajstić information content (AvgIpc) is 3.16. The number of fused-ring (bicyclic) bond motifs is 1. The van der Waals surface area contributed by atoms with E-state index < -0.39 is 36.4 Å². The van der Waals surface area contributed by atoms with Crippen LogP contribution >= 0.6 is 0 Å². The fourth-order valence-electron chi connectivity index (χ4n) is 3.07. The summed E-state index contributed by atoms with van der Waals surface area (Å²) in [5, 5.41) is 6.89. The molecule has 1 heterocycles. The Balaban J connectivity index is 1.55. The number of anilines is 1. The Kier molecular flexibility index (Phi) is 5.59. The van der Waals surface area contributed by atoms with Crippen molar-refractivity contribution >= 4 is 42.8 Å². The van der Waals surface area contributed by atoms with Crippen LogP contribution in [0.15, 0.2) is 87.5 Å². The largest absolute Gasteiger partial charge is 0.456 e. The van der Waals surface area contributed by atoms with Gasteiger partial charge in [0, 0.05) is 10.9 Å². The van der Waals surface area contributed by atoms with Crippen LogP contribution in [-0.2, 0) is 20.0 Å². The molecule has 0 saturated heterocycles. The Labute approximate surface area is 184 Å². The van der Waals surface area contributed by atoms with Crippen LogP contribution in [0, 0.1) is 5.82 Å². The molecule has 4 rings (SSSR count). The lowest BCUT2D eigenvalue weighted by Crippen LogP contribution is -2.17. The minimum Gasteiger partial charge on any atom is -0.456 e. The molecule has 0 bridgehead atoms. The lowest BCUT2D eigenvalue weighted by molar-refractivity contribution is 0.597. The SMILES string of the molecule is NS(=O)(=O)c1ccc(F)cc1NS(=O)(=O)C=Cc1ccc(-c2cc3ccccc3o2)cc1. The first kappa shape index (κ1) is 21.8. The molecule has 10 heteroatoms. The van der Waals surface area contributed by atoms with Crippen molar-refractivity contribution in [2.75, 3.05) is 4.72 Å². The molecular weight excluding hydrogens is 455 g/mol. The second-order valence-electron chi connectivity index (χ2n) is 6.91. The van der Waals surface area contributed by atoms with Crippen molar-refractivity contribution < 1.29 is 25.6 Å². The average molecular weight is 473 g/mol. The van der Waals surface area contributed by atoms with Crippen LogP contribution in [0.2, 0.25) is 0 Å². The number of halogens is 1. The Bertz CT molecular complexity index is 1510. The standard InChI is InChI=1S/C22H17FN2O5S2/c23-18-9-10-22(32(24,28)29)19(14-18)25-31(26,27)12-11-15-5-7-16(8-6-15)21-13-17-3-1-2-4-20(17)30-21/h1-14,25H,(H2,24,28,29). The molecule has 0 saturated carbocycles. The van der Waals surface area contributed by atoms with Crippen LogP contribution < -0.4 is 9.86 Å². The van der Waals surface area contributed by atoms with Crippen molar-refractivity contribution in [1.29, 1.82) is 0 Å². The van der Waals surface area contributed by atoms with Gasteiger partial charge in [-0.15, -0.1) is 0 Å². The van der Waals surface area contributed by atoms with Crippen LogP contribution in [0.25, 0.3) is 28.4 Å². The van der Waals surface area contributed by atoms with Gasteiger partial charge in [-0.3, -0.25) is 4.72 Å². The molecule has 0 radical (unpaired) electrons. The van der Waals surface area contributed by atoms with E-state index in [1.807, 2.05) is 35.1 Å². The van der Waals surface area contributed by atoms with Crippen LogP contribution in [0.3, 0.4) is 0 Å². The van der Waals surface area contributed by atoms with E-state index in [1.54, 1.807) is 24.3 Å². The fourth-order valence-corrected chi connectivity index (χ4v) is 4.69. The van der Waals surface area contributed by atoms with Crippen molar-refractivity contribution in [1.82, 2.24) is 0 Å². The molecule has 0 spiro atoms. The third-order valence-corrected chi connectivity index (χ3v) is 6.53. The highest BCUT2D eigenvalue weighted by molar-refractivity contribution is 7.95. The summed E-state index contributed by atoms with van der Waals surface area (Å²) >= 11 is 0. The van der Waals surface area contributed by atoms with E-state index in [1.165, 1.54) is 6.08 Å². The van der Waals surface area contributed by atoms with Gasteiger partial charge < -0.3 is 4.42 Å². The normalized spacial score (nSPS) is 12.4. The van der Waals surface area contributed by atoms with Crippen LogP contribution in [0.1, 0.15) is 5.56 Å². The molecule has 0 unspecified atom stereocenters. The number of nitrogens with two attached hydrogens (primary N) is 1. The van der Waals surface area contributed by atoms with E-state index in [2.05, 4.69) is 0 Å². The quantitative estimate of drug-likeness (QED) is 0.434. The summed E-state index contributed by atoms with van der Waals surface area (Å²) in [5.74, 6) is -0.141. The second-order valence-corrected chi connectivity index (χ2v) is 10.0. The lowest BCUT2D eigenvalue weighted by atomic mass is 10.1. The van der Waals surface area contributed by atoms with Crippen molar-refractivity contribution in [3.05, 3.63) is 89.6 Å². The Morgan fingerprint density at radius 2 is 1.62 bits per heavy atom. The maximum atomic E-state index is 13.5. The molecule has 164 valence electrons. The zero-order chi connectivity index (χ0) is 22.9. The van der Waals surface area contributed by atoms with E-state index in [-0.39, 0.29) is 0 Å². The number of benzene rings is 3. The summed E-state index contributed by atoms with van der Waals surface area (Å²) in [7, 11) is -8.41. The molecule has 0 aliphatic heterocycles. The maximum Gasteiger partial charge on any atom is 0.255 e. The van der Waals surface area contributed by atoms with Gasteiger partial charge in [-0.05, 0) is 42.0 Å². The number of furan rings is 1. The molecule has 0 atom stereocenters. The number of hydrogen-bond donors (Lipinski definition) is 2. The molecule has 0 aliphatic rings. The molecule has 1 aromatic heterocycles. The Morgan fingerprint density at radius 3 is 2.31 bits per heavy atom. The molecule has 0 amide bonds. The third kappa shape index (κ3) is 4.88. The highest BCUT2D eigenvalue weighted by atomic mass is 32.2. The molecular formula is C22H17FN2O5S2. The third-order valence-electron chi connectivity index (χ3n) is 4.56. The molecule has 4 aromatic rings. The topological polar surface area (TPSA) is 119 Å². The van der Waals surface area contributed by atoms with Gasteiger partial charge in [-0.1, -0.05) is 42.5 Å². The number of para-hydroxylation sites is 1. The predicted molar refractivity (Wildman–Crippen MR) is 121 cm³/mol. The van der Waals surface area contributed by atoms with Gasteiger partial charge in [-0.2, -0.15) is 0 Å². The number of primary sulfonamides is 1. The van der Waals surface area contributed by atoms with Gasteiger partial charge >= 0.3 is 0 Å². The number of rotatable bonds is 6. The summed E-state index contributed by atoms with van der Waals surface area (Å²) in [4.78, 5) is -0.536. The molecule has 0 fully saturated rings. The van der Waals surface area contributed by atoms with Crippen molar-refractivity contribution in [2.24, 2.45) is 5.14 Å². The van der Waals surface area contributed by atoms with Gasteiger partial charge in [0.25, 0.3) is 10.0 Å². The van der Waals surface area contributed by atoms with Gasteiger partial charge in [0.05, 0.1) is 11.1 Å². The van der Waals surface area contributed by atoms with Crippen molar-refractivity contribution in [2.45, 2.75) is 4.90 Å². The number of nitrogens with one attached hydrogen (secondary N) is 1. The zero-order valence-electron chi connectivity index (χ0n) is 16.4. The minimum absolute atomic E-state index is 0.475. The maximum absolute atomic E-state index is 13.5. The lowest BCUT2D eigenvalue weighted by Gasteiger charge is -2.09. The molecule has 7 nitrogen and oxygen atoms in total. The Morgan fingerprint density at radius 1 is 0.906 bits per heavy atom. The first-order chi connectivity index (χ1) is 15.1. The minimum atomic E-state index is -4.26. The predicted octanol–water partition coefficient (Wildman–Crippen LogP) is 4.30. The summed E-state index contributed by atoms with van der Waals surface area (Å²) in [6.07, 6.45) is 1.32. The molecule has 0 aliphatic carbocycles. The van der Waals surface area contributed by atoms with E-state index in [0.717, 1.165) is 40.1 Å². The van der Waals surface area contributed by atoms with Gasteiger partial charge in [-0.25, -0.2) is 26.4 Å². The summed E-state index contributed by atoms with van der Waals surface area (Å²) in [6, 6.07) is 19.0. The first-order valence-electron chi connectivity index (χ1n) is 9.23. The first-order valence-corrected chi connectivity index (χ1v) is 12.3. The highest BCUT2D eigenvalue weighted by Crippen LogP contribution is 2.28. The fraction of sp³-hybridized carbons (Fsp3) is 0. The van der Waals surface area contributed by atoms with Gasteiger partial charge in [0.1, 0.15) is 22.1 Å². The van der Waals surface area contributed by atoms with Crippen molar-refractivity contribution in [3.63, 3.8) is 0 Å². The van der Waals surface area contributed by atoms with E-state index >= 15 is 0 Å². The van der Waals surface area contributed by atoms with E-state index in [9.17, 15) is 21.2 Å². The Hall–Kier alpha value is -3.47. The number of sulfonamides is 2. The van der Waals surface area contributed by atoms with Gasteiger partial charge in [0.2, 0.25) is 10.0 Å². The zero-order valence-corrected chi connectivity index (χ0v) is 18.0. The van der Waals surface area contributed by atoms with Crippen LogP contribution in [-0.4, -0.2) is 16.8 Å². The van der Waals surface area contributed by atoms with E-state index in [4.69, 9.17) is 9.56 Å². The molecule has 32 heavy (non-hydrogen) atoms. The number of hydrogen-bond acceptors (Lipinski definition) is 5. The van der Waals surface area contributed by atoms with Crippen molar-refractivity contribution in [3.8, 4) is 11.3 Å².